The normalized spacial score (nSPS) is 20.9. The Labute approximate surface area is 207 Å². The van der Waals surface area contributed by atoms with Gasteiger partial charge in [0.15, 0.2) is 11.6 Å². The molecule has 12 heteroatoms. The number of alkyl carbamates (subject to hydrolysis) is 1. The number of aromatic nitrogens is 3. The van der Waals surface area contributed by atoms with Gasteiger partial charge in [-0.25, -0.2) is 14.8 Å². The third-order valence-electron chi connectivity index (χ3n) is 6.43. The van der Waals surface area contributed by atoms with Crippen LogP contribution in [0, 0.1) is 6.92 Å². The molecule has 11 nitrogen and oxygen atoms in total. The van der Waals surface area contributed by atoms with Gasteiger partial charge in [-0.15, -0.1) is 0 Å². The Balaban J connectivity index is 1.38. The van der Waals surface area contributed by atoms with Crippen LogP contribution < -0.4 is 25.2 Å². The summed E-state index contributed by atoms with van der Waals surface area (Å²) in [6.45, 7) is 8.99. The van der Waals surface area contributed by atoms with Gasteiger partial charge in [0, 0.05) is 44.5 Å². The maximum absolute atomic E-state index is 12.8. The second-order valence-corrected chi connectivity index (χ2v) is 11.2. The first-order valence-corrected chi connectivity index (χ1v) is 13.1. The molecule has 2 N–H and O–H groups in total. The summed E-state index contributed by atoms with van der Waals surface area (Å²) < 4.78 is 23.5. The average Bonchev–Trinajstić information content (AvgIpc) is 3.22. The number of methoxy groups -OCH3 is 1. The number of nitrogens with zero attached hydrogens (tertiary/aromatic N) is 5. The fraction of sp³-hybridized carbons (Fsp3) is 0.565. The molecule has 5 heterocycles. The van der Waals surface area contributed by atoms with Crippen molar-refractivity contribution in [2.45, 2.75) is 43.7 Å². The van der Waals surface area contributed by atoms with E-state index in [9.17, 15) is 9.00 Å². The number of anilines is 3. The number of aryl methyl sites for hydroxylation is 2. The van der Waals surface area contributed by atoms with Crippen molar-refractivity contribution in [2.24, 2.45) is 0 Å². The van der Waals surface area contributed by atoms with Gasteiger partial charge in [0.2, 0.25) is 5.95 Å². The largest absolute Gasteiger partial charge is 0.487 e. The number of ether oxygens (including phenoxy) is 2. The second kappa shape index (κ2) is 9.14. The van der Waals surface area contributed by atoms with Crippen LogP contribution in [0.25, 0.3) is 0 Å². The fourth-order valence-electron chi connectivity index (χ4n) is 4.64. The van der Waals surface area contributed by atoms with Crippen LogP contribution in [0.5, 0.6) is 5.75 Å². The van der Waals surface area contributed by atoms with Gasteiger partial charge in [0.25, 0.3) is 0 Å². The quantitative estimate of drug-likeness (QED) is 0.623. The van der Waals surface area contributed by atoms with Gasteiger partial charge < -0.3 is 29.9 Å². The number of nitrogens with one attached hydrogen (secondary N) is 2. The molecule has 0 unspecified atom stereocenters. The lowest BCUT2D eigenvalue weighted by atomic mass is 10.1. The molecule has 3 aliphatic rings. The monoisotopic (exact) mass is 501 g/mol. The number of amides is 1. The van der Waals surface area contributed by atoms with Gasteiger partial charge in [0.1, 0.15) is 17.3 Å². The number of pyridine rings is 1. The Bertz CT molecular complexity index is 1170. The zero-order valence-corrected chi connectivity index (χ0v) is 21.3. The maximum Gasteiger partial charge on any atom is 0.406 e. The molecule has 2 aromatic rings. The number of carbonyl (C=O) groups is 1. The summed E-state index contributed by atoms with van der Waals surface area (Å²) in [4.78, 5) is 31.0. The Morgan fingerprint density at radius 1 is 1.34 bits per heavy atom. The van der Waals surface area contributed by atoms with Crippen molar-refractivity contribution in [1.82, 2.24) is 20.3 Å². The summed E-state index contributed by atoms with van der Waals surface area (Å²) in [6.07, 6.45) is 2.02. The predicted octanol–water partition coefficient (Wildman–Crippen LogP) is 1.48. The van der Waals surface area contributed by atoms with E-state index in [1.54, 1.807) is 0 Å². The number of hydrogen-bond acceptors (Lipinski definition) is 10. The van der Waals surface area contributed by atoms with Crippen molar-refractivity contribution in [3.63, 3.8) is 0 Å². The minimum absolute atomic E-state index is 0.134. The van der Waals surface area contributed by atoms with Crippen LogP contribution in [-0.2, 0) is 22.0 Å². The van der Waals surface area contributed by atoms with E-state index in [1.807, 2.05) is 33.0 Å². The average molecular weight is 502 g/mol. The van der Waals surface area contributed by atoms with E-state index in [0.717, 1.165) is 35.9 Å². The molecule has 0 aliphatic carbocycles. The maximum atomic E-state index is 12.8. The van der Waals surface area contributed by atoms with Crippen molar-refractivity contribution in [2.75, 3.05) is 60.8 Å². The first-order chi connectivity index (χ1) is 16.7. The third kappa shape index (κ3) is 4.71. The van der Waals surface area contributed by atoms with E-state index in [1.165, 1.54) is 7.11 Å². The highest BCUT2D eigenvalue weighted by atomic mass is 32.2. The van der Waals surface area contributed by atoms with Crippen LogP contribution >= 0.6 is 0 Å². The molecule has 0 radical (unpaired) electrons. The molecule has 188 valence electrons. The van der Waals surface area contributed by atoms with Crippen molar-refractivity contribution >= 4 is 34.5 Å². The van der Waals surface area contributed by atoms with E-state index in [0.29, 0.717) is 48.5 Å². The number of hydrogen-bond donors (Lipinski definition) is 2. The van der Waals surface area contributed by atoms with Crippen molar-refractivity contribution < 1.29 is 18.5 Å². The molecule has 0 saturated carbocycles. The molecule has 2 atom stereocenters. The first kappa shape index (κ1) is 23.6. The van der Waals surface area contributed by atoms with Gasteiger partial charge in [0.05, 0.1) is 35.2 Å². The number of rotatable bonds is 5. The summed E-state index contributed by atoms with van der Waals surface area (Å²) in [7, 11) is 0.169. The van der Waals surface area contributed by atoms with Crippen LogP contribution in [0.3, 0.4) is 0 Å². The highest BCUT2D eigenvalue weighted by Crippen LogP contribution is 2.36. The summed E-state index contributed by atoms with van der Waals surface area (Å²) >= 11 is 0. The molecule has 0 spiro atoms. The Kier molecular flexibility index (Phi) is 6.16. The van der Waals surface area contributed by atoms with Crippen molar-refractivity contribution in [1.29, 1.82) is 0 Å². The molecule has 35 heavy (non-hydrogen) atoms. The number of fused-ring (bicyclic) bond motifs is 4. The predicted molar refractivity (Wildman–Crippen MR) is 133 cm³/mol. The molecular formula is C23H31N7O4S. The van der Waals surface area contributed by atoms with Gasteiger partial charge in [-0.2, -0.15) is 4.98 Å². The number of piperazine rings is 1. The fourth-order valence-corrected chi connectivity index (χ4v) is 5.95. The van der Waals surface area contributed by atoms with E-state index in [2.05, 4.69) is 30.2 Å². The summed E-state index contributed by atoms with van der Waals surface area (Å²) in [6, 6.07) is 2.17. The van der Waals surface area contributed by atoms with E-state index in [-0.39, 0.29) is 6.04 Å². The molecule has 3 aliphatic heterocycles. The minimum atomic E-state index is -1.16. The lowest BCUT2D eigenvalue weighted by molar-refractivity contribution is 0.169. The summed E-state index contributed by atoms with van der Waals surface area (Å²) in [5, 5.41) is 6.11. The minimum Gasteiger partial charge on any atom is -0.487 e. The molecule has 1 fully saturated rings. The van der Waals surface area contributed by atoms with E-state index in [4.69, 9.17) is 14.7 Å². The molecule has 0 aromatic carbocycles. The highest BCUT2D eigenvalue weighted by Gasteiger charge is 2.36. The highest BCUT2D eigenvalue weighted by molar-refractivity contribution is 7.85. The van der Waals surface area contributed by atoms with Crippen LogP contribution in [0.15, 0.2) is 17.2 Å². The standard InChI is InChI=1S/C23H31N7O4S/c1-14-9-17-20(24-10-14)30-7-6-29(11-15(30)12-34-17)21-26-16-5-8-35(32)18(16)19(27-21)28-23(2,3)13-25-22(31)33-4/h9-10,15H,5-8,11-13H2,1-4H3,(H,25,31)(H,26,27,28)/t15-,35-/m0/s1. The summed E-state index contributed by atoms with van der Waals surface area (Å²) in [5.74, 6) is 3.43. The third-order valence-corrected chi connectivity index (χ3v) is 7.89. The van der Waals surface area contributed by atoms with E-state index >= 15 is 0 Å². The molecule has 0 bridgehead atoms. The van der Waals surface area contributed by atoms with Gasteiger partial charge in [-0.3, -0.25) is 4.21 Å². The van der Waals surface area contributed by atoms with Crippen LogP contribution in [0.1, 0.15) is 25.1 Å². The molecular weight excluding hydrogens is 470 g/mol. The van der Waals surface area contributed by atoms with Crippen LogP contribution in [0.2, 0.25) is 0 Å². The molecule has 1 saturated heterocycles. The number of carbonyl (C=O) groups excluding carboxylic acids is 1. The van der Waals surface area contributed by atoms with Gasteiger partial charge >= 0.3 is 6.09 Å². The van der Waals surface area contributed by atoms with Crippen molar-refractivity contribution in [3.05, 3.63) is 23.5 Å². The Morgan fingerprint density at radius 2 is 2.17 bits per heavy atom. The van der Waals surface area contributed by atoms with Gasteiger partial charge in [-0.05, 0) is 32.4 Å². The van der Waals surface area contributed by atoms with Crippen LogP contribution in [-0.4, -0.2) is 82.5 Å². The lowest BCUT2D eigenvalue weighted by Crippen LogP contribution is -2.58. The van der Waals surface area contributed by atoms with Crippen molar-refractivity contribution in [3.8, 4) is 5.75 Å². The first-order valence-electron chi connectivity index (χ1n) is 11.7. The van der Waals surface area contributed by atoms with Crippen LogP contribution in [0.4, 0.5) is 22.4 Å². The van der Waals surface area contributed by atoms with E-state index < -0.39 is 22.4 Å². The Hall–Kier alpha value is -3.15. The zero-order chi connectivity index (χ0) is 24.7. The topological polar surface area (TPSA) is 122 Å². The lowest BCUT2D eigenvalue weighted by Gasteiger charge is -2.44. The zero-order valence-electron chi connectivity index (χ0n) is 20.5. The molecule has 5 rings (SSSR count). The SMILES string of the molecule is COC(=O)NCC(C)(C)Nc1nc(N2CCN3c4ncc(C)cc4OC[C@@H]3C2)nc2c1[S@@](=O)CC2. The molecule has 1 amide bonds. The Morgan fingerprint density at radius 3 is 2.97 bits per heavy atom. The molecule has 2 aromatic heterocycles. The van der Waals surface area contributed by atoms with Gasteiger partial charge in [-0.1, -0.05) is 0 Å². The second-order valence-electron chi connectivity index (χ2n) is 9.74. The smallest absolute Gasteiger partial charge is 0.406 e. The summed E-state index contributed by atoms with van der Waals surface area (Å²) in [5.41, 5.74) is 1.34.